The highest BCUT2D eigenvalue weighted by Crippen LogP contribution is 2.12. The van der Waals surface area contributed by atoms with E-state index in [-0.39, 0.29) is 5.82 Å². The van der Waals surface area contributed by atoms with Crippen LogP contribution >= 0.6 is 0 Å². The lowest BCUT2D eigenvalue weighted by molar-refractivity contribution is 0.145. The average Bonchev–Trinajstić information content (AvgIpc) is 2.52. The summed E-state index contributed by atoms with van der Waals surface area (Å²) in [6.45, 7) is 5.46. The van der Waals surface area contributed by atoms with Crippen molar-refractivity contribution in [1.29, 1.82) is 0 Å². The number of halogens is 1. The fourth-order valence-electron chi connectivity index (χ4n) is 2.13. The molecule has 0 aliphatic heterocycles. The Hall–Kier alpha value is -1.66. The molecule has 2 N–H and O–H groups in total. The summed E-state index contributed by atoms with van der Waals surface area (Å²) in [6, 6.07) is 5.21. The second kappa shape index (κ2) is 11.0. The molecule has 0 saturated heterocycles. The fourth-order valence-corrected chi connectivity index (χ4v) is 2.13. The van der Waals surface area contributed by atoms with Gasteiger partial charge in [0.05, 0.1) is 0 Å². The van der Waals surface area contributed by atoms with Crippen LogP contribution < -0.4 is 10.6 Å². The summed E-state index contributed by atoms with van der Waals surface area (Å²) >= 11 is 0. The number of ether oxygens (including phenoxy) is 1. The predicted molar refractivity (Wildman–Crippen MR) is 93.1 cm³/mol. The van der Waals surface area contributed by atoms with Crippen molar-refractivity contribution in [1.82, 2.24) is 15.5 Å². The first-order valence-electron chi connectivity index (χ1n) is 8.01. The summed E-state index contributed by atoms with van der Waals surface area (Å²) in [5.41, 5.74) is 1.73. The third-order valence-corrected chi connectivity index (χ3v) is 3.24. The second-order valence-electron chi connectivity index (χ2n) is 5.57. The highest BCUT2D eigenvalue weighted by atomic mass is 19.1. The standard InChI is InChI=1S/C17H29FN4O/c1-5-23-10-6-9-20-17(19-2)21-12-14-7-8-16(18)15(11-14)13-22(3)4/h7-8,11H,5-6,9-10,12-13H2,1-4H3,(H2,19,20,21). The molecule has 6 heteroatoms. The van der Waals surface area contributed by atoms with Gasteiger partial charge in [0, 0.05) is 45.5 Å². The van der Waals surface area contributed by atoms with Crippen LogP contribution in [-0.4, -0.2) is 51.8 Å². The van der Waals surface area contributed by atoms with Gasteiger partial charge in [0.2, 0.25) is 0 Å². The topological polar surface area (TPSA) is 48.9 Å². The molecule has 1 aromatic carbocycles. The van der Waals surface area contributed by atoms with Crippen molar-refractivity contribution in [2.24, 2.45) is 4.99 Å². The van der Waals surface area contributed by atoms with Crippen LogP contribution in [0.15, 0.2) is 23.2 Å². The van der Waals surface area contributed by atoms with E-state index in [2.05, 4.69) is 15.6 Å². The van der Waals surface area contributed by atoms with Crippen molar-refractivity contribution < 1.29 is 9.13 Å². The number of aliphatic imine (C=N–C) groups is 1. The summed E-state index contributed by atoms with van der Waals surface area (Å²) in [5, 5.41) is 6.47. The number of rotatable bonds is 9. The van der Waals surface area contributed by atoms with Gasteiger partial charge in [0.1, 0.15) is 5.82 Å². The van der Waals surface area contributed by atoms with E-state index < -0.39 is 0 Å². The molecule has 0 spiro atoms. The Bertz CT molecular complexity index is 491. The van der Waals surface area contributed by atoms with Crippen LogP contribution in [0.2, 0.25) is 0 Å². The van der Waals surface area contributed by atoms with Gasteiger partial charge < -0.3 is 20.3 Å². The minimum Gasteiger partial charge on any atom is -0.382 e. The second-order valence-corrected chi connectivity index (χ2v) is 5.57. The monoisotopic (exact) mass is 324 g/mol. The van der Waals surface area contributed by atoms with Gasteiger partial charge in [0.15, 0.2) is 5.96 Å². The van der Waals surface area contributed by atoms with Crippen LogP contribution in [0.3, 0.4) is 0 Å². The van der Waals surface area contributed by atoms with Crippen LogP contribution in [0.1, 0.15) is 24.5 Å². The Balaban J connectivity index is 2.46. The summed E-state index contributed by atoms with van der Waals surface area (Å²) in [6.07, 6.45) is 0.929. The molecule has 0 bridgehead atoms. The highest BCUT2D eigenvalue weighted by molar-refractivity contribution is 5.79. The van der Waals surface area contributed by atoms with Crippen molar-refractivity contribution >= 4 is 5.96 Å². The number of nitrogens with zero attached hydrogens (tertiary/aromatic N) is 2. The molecule has 0 aliphatic rings. The number of benzene rings is 1. The van der Waals surface area contributed by atoms with E-state index in [0.717, 1.165) is 37.7 Å². The first-order valence-corrected chi connectivity index (χ1v) is 8.01. The van der Waals surface area contributed by atoms with Gasteiger partial charge in [-0.25, -0.2) is 4.39 Å². The van der Waals surface area contributed by atoms with Crippen LogP contribution in [-0.2, 0) is 17.8 Å². The van der Waals surface area contributed by atoms with Crippen molar-refractivity contribution in [3.05, 3.63) is 35.1 Å². The molecular formula is C17H29FN4O. The first-order chi connectivity index (χ1) is 11.1. The molecule has 0 aromatic heterocycles. The molecule has 0 aliphatic carbocycles. The van der Waals surface area contributed by atoms with E-state index in [4.69, 9.17) is 4.74 Å². The molecule has 0 atom stereocenters. The van der Waals surface area contributed by atoms with Crippen molar-refractivity contribution in [2.75, 3.05) is 40.9 Å². The lowest BCUT2D eigenvalue weighted by atomic mass is 10.1. The van der Waals surface area contributed by atoms with Crippen molar-refractivity contribution in [3.63, 3.8) is 0 Å². The summed E-state index contributed by atoms with van der Waals surface area (Å²) < 4.78 is 19.1. The molecular weight excluding hydrogens is 295 g/mol. The lowest BCUT2D eigenvalue weighted by Crippen LogP contribution is -2.37. The zero-order chi connectivity index (χ0) is 17.1. The first kappa shape index (κ1) is 19.4. The normalized spacial score (nSPS) is 11.8. The van der Waals surface area contributed by atoms with E-state index >= 15 is 0 Å². The molecule has 0 amide bonds. The van der Waals surface area contributed by atoms with Crippen LogP contribution in [0.4, 0.5) is 4.39 Å². The van der Waals surface area contributed by atoms with Gasteiger partial charge in [-0.1, -0.05) is 6.07 Å². The zero-order valence-corrected chi connectivity index (χ0v) is 14.7. The fraction of sp³-hybridized carbons (Fsp3) is 0.588. The van der Waals surface area contributed by atoms with Gasteiger partial charge in [-0.3, -0.25) is 4.99 Å². The van der Waals surface area contributed by atoms with Crippen molar-refractivity contribution in [3.8, 4) is 0 Å². The summed E-state index contributed by atoms with van der Waals surface area (Å²) in [7, 11) is 5.59. The van der Waals surface area contributed by atoms with E-state index in [1.165, 1.54) is 6.07 Å². The van der Waals surface area contributed by atoms with E-state index in [9.17, 15) is 4.39 Å². The van der Waals surface area contributed by atoms with E-state index in [1.807, 2.05) is 32.0 Å². The van der Waals surface area contributed by atoms with Crippen molar-refractivity contribution in [2.45, 2.75) is 26.4 Å². The Morgan fingerprint density at radius 3 is 2.74 bits per heavy atom. The average molecular weight is 324 g/mol. The third-order valence-electron chi connectivity index (χ3n) is 3.24. The molecule has 5 nitrogen and oxygen atoms in total. The van der Waals surface area contributed by atoms with Gasteiger partial charge in [0.25, 0.3) is 0 Å². The Kier molecular flexibility index (Phi) is 9.24. The molecule has 23 heavy (non-hydrogen) atoms. The molecule has 130 valence electrons. The number of nitrogens with one attached hydrogen (secondary N) is 2. The SMILES string of the molecule is CCOCCCNC(=NC)NCc1ccc(F)c(CN(C)C)c1. The van der Waals surface area contributed by atoms with Crippen LogP contribution in [0, 0.1) is 5.82 Å². The Morgan fingerprint density at radius 2 is 2.09 bits per heavy atom. The molecule has 0 heterocycles. The van der Waals surface area contributed by atoms with Gasteiger partial charge in [-0.05, 0) is 45.1 Å². The van der Waals surface area contributed by atoms with Crippen LogP contribution in [0.5, 0.6) is 0 Å². The van der Waals surface area contributed by atoms with Crippen LogP contribution in [0.25, 0.3) is 0 Å². The van der Waals surface area contributed by atoms with E-state index in [0.29, 0.717) is 18.7 Å². The largest absolute Gasteiger partial charge is 0.382 e. The van der Waals surface area contributed by atoms with Gasteiger partial charge in [-0.2, -0.15) is 0 Å². The van der Waals surface area contributed by atoms with E-state index in [1.54, 1.807) is 13.1 Å². The lowest BCUT2D eigenvalue weighted by Gasteiger charge is -2.14. The molecule has 0 unspecified atom stereocenters. The minimum atomic E-state index is -0.166. The Labute approximate surface area is 138 Å². The molecule has 0 saturated carbocycles. The number of hydrogen-bond donors (Lipinski definition) is 2. The number of guanidine groups is 1. The highest BCUT2D eigenvalue weighted by Gasteiger charge is 2.05. The summed E-state index contributed by atoms with van der Waals surface area (Å²) in [4.78, 5) is 6.13. The third kappa shape index (κ3) is 7.95. The number of hydrogen-bond acceptors (Lipinski definition) is 3. The molecule has 0 radical (unpaired) electrons. The smallest absolute Gasteiger partial charge is 0.191 e. The molecule has 1 aromatic rings. The van der Waals surface area contributed by atoms with Gasteiger partial charge in [-0.15, -0.1) is 0 Å². The molecule has 0 fully saturated rings. The minimum absolute atomic E-state index is 0.166. The maximum atomic E-state index is 13.8. The zero-order valence-electron chi connectivity index (χ0n) is 14.7. The predicted octanol–water partition coefficient (Wildman–Crippen LogP) is 1.98. The van der Waals surface area contributed by atoms with Gasteiger partial charge >= 0.3 is 0 Å². The molecule has 1 rings (SSSR count). The summed E-state index contributed by atoms with van der Waals surface area (Å²) in [5.74, 6) is 0.570. The quantitative estimate of drug-likeness (QED) is 0.414. The Morgan fingerprint density at radius 1 is 1.30 bits per heavy atom. The maximum Gasteiger partial charge on any atom is 0.191 e. The maximum absolute atomic E-state index is 13.8.